The maximum absolute atomic E-state index is 15.3. The summed E-state index contributed by atoms with van der Waals surface area (Å²) in [6.45, 7) is 6.90. The summed E-state index contributed by atoms with van der Waals surface area (Å²) >= 11 is 0. The molecule has 36 heavy (non-hydrogen) atoms. The molecule has 0 amide bonds. The first-order valence-electron chi connectivity index (χ1n) is 11.5. The summed E-state index contributed by atoms with van der Waals surface area (Å²) in [5.41, 5.74) is -0.0158. The lowest BCUT2D eigenvalue weighted by atomic mass is 9.94. The molecule has 2 aromatic rings. The molecule has 3 rings (SSSR count). The highest BCUT2D eigenvalue weighted by Gasteiger charge is 2.34. The summed E-state index contributed by atoms with van der Waals surface area (Å²) in [6, 6.07) is 4.79. The van der Waals surface area contributed by atoms with E-state index in [-0.39, 0.29) is 76.5 Å². The first-order valence-corrected chi connectivity index (χ1v) is 11.5. The summed E-state index contributed by atoms with van der Waals surface area (Å²) in [7, 11) is 5.02. The number of rotatable bonds is 10. The number of ether oxygens (including phenoxy) is 3. The van der Waals surface area contributed by atoms with E-state index in [2.05, 4.69) is 0 Å². The van der Waals surface area contributed by atoms with Crippen LogP contribution in [-0.2, 0) is 12.2 Å². The van der Waals surface area contributed by atoms with E-state index < -0.39 is 11.5 Å². The number of amidine groups is 1. The van der Waals surface area contributed by atoms with Crippen molar-refractivity contribution in [2.45, 2.75) is 39.9 Å². The number of halogens is 3. The summed E-state index contributed by atoms with van der Waals surface area (Å²) in [5, 5.41) is 8.55. The number of hydrogen-bond acceptors (Lipinski definition) is 6. The predicted molar refractivity (Wildman–Crippen MR) is 142 cm³/mol. The van der Waals surface area contributed by atoms with Gasteiger partial charge in [0.25, 0.3) is 0 Å². The highest BCUT2D eigenvalue weighted by atomic mass is 79.9. The molecule has 0 aliphatic carbocycles. The lowest BCUT2D eigenvalue weighted by Crippen LogP contribution is -2.31. The zero-order valence-corrected chi connectivity index (χ0v) is 23.5. The standard InChI is InChI=1S/C26H33F2N3O4.BrH/c1-8-34-20-12-16-13-31(25(29)21(16)22(27)24(20)35-9-2)14-19(32)15-10-17(26(3,4)28)23(33-7)18(11-15)30(5)6;/h10-12,29H,8-9,13-14H2,1-7H3;1H. The van der Waals surface area contributed by atoms with Crippen molar-refractivity contribution in [2.24, 2.45) is 0 Å². The van der Waals surface area contributed by atoms with Crippen LogP contribution in [0.4, 0.5) is 14.5 Å². The normalized spacial score (nSPS) is 12.7. The van der Waals surface area contributed by atoms with Crippen LogP contribution >= 0.6 is 17.0 Å². The van der Waals surface area contributed by atoms with Gasteiger partial charge >= 0.3 is 0 Å². The van der Waals surface area contributed by atoms with Crippen molar-refractivity contribution in [1.29, 1.82) is 5.41 Å². The molecule has 0 saturated carbocycles. The fourth-order valence-electron chi connectivity index (χ4n) is 4.19. The maximum atomic E-state index is 15.3. The molecule has 1 N–H and O–H groups in total. The highest BCUT2D eigenvalue weighted by Crippen LogP contribution is 2.41. The van der Waals surface area contributed by atoms with Crippen LogP contribution in [-0.4, -0.2) is 57.5 Å². The summed E-state index contributed by atoms with van der Waals surface area (Å²) in [4.78, 5) is 16.5. The van der Waals surface area contributed by atoms with Gasteiger partial charge in [-0.25, -0.2) is 8.78 Å². The number of benzene rings is 2. The number of carbonyl (C=O) groups is 1. The van der Waals surface area contributed by atoms with Gasteiger partial charge in [0.1, 0.15) is 17.3 Å². The lowest BCUT2D eigenvalue weighted by Gasteiger charge is -2.25. The van der Waals surface area contributed by atoms with E-state index in [9.17, 15) is 4.79 Å². The maximum Gasteiger partial charge on any atom is 0.197 e. The van der Waals surface area contributed by atoms with E-state index in [0.29, 0.717) is 23.6 Å². The molecule has 0 radical (unpaired) electrons. The van der Waals surface area contributed by atoms with Crippen LogP contribution < -0.4 is 19.1 Å². The van der Waals surface area contributed by atoms with Crippen molar-refractivity contribution in [1.82, 2.24) is 4.90 Å². The smallest absolute Gasteiger partial charge is 0.197 e. The second kappa shape index (κ2) is 11.5. The molecule has 0 unspecified atom stereocenters. The molecule has 0 spiro atoms. The number of fused-ring (bicyclic) bond motifs is 1. The third-order valence-electron chi connectivity index (χ3n) is 5.82. The van der Waals surface area contributed by atoms with Crippen LogP contribution in [0.2, 0.25) is 0 Å². The number of nitrogens with one attached hydrogen (secondary N) is 1. The molecule has 0 bridgehead atoms. The van der Waals surface area contributed by atoms with Crippen molar-refractivity contribution in [3.05, 3.63) is 46.3 Å². The second-order valence-corrected chi connectivity index (χ2v) is 8.99. The quantitative estimate of drug-likeness (QED) is 0.380. The number of ketones is 1. The molecule has 0 fully saturated rings. The lowest BCUT2D eigenvalue weighted by molar-refractivity contribution is 0.0962. The molecule has 1 heterocycles. The molecular weight excluding hydrogens is 536 g/mol. The van der Waals surface area contributed by atoms with Gasteiger partial charge in [0.15, 0.2) is 23.1 Å². The van der Waals surface area contributed by atoms with Gasteiger partial charge in [-0.15, -0.1) is 17.0 Å². The fourth-order valence-corrected chi connectivity index (χ4v) is 4.19. The van der Waals surface area contributed by atoms with Crippen LogP contribution in [0, 0.1) is 11.2 Å². The minimum Gasteiger partial charge on any atom is -0.494 e. The fraction of sp³-hybridized carbons (Fsp3) is 0.462. The molecule has 1 aliphatic rings. The topological polar surface area (TPSA) is 75.1 Å². The molecule has 198 valence electrons. The number of alkyl halides is 1. The molecule has 0 saturated heterocycles. The molecule has 0 atom stereocenters. The predicted octanol–water partition coefficient (Wildman–Crippen LogP) is 5.50. The van der Waals surface area contributed by atoms with Gasteiger partial charge in [0.2, 0.25) is 0 Å². The van der Waals surface area contributed by atoms with Gasteiger partial charge in [-0.3, -0.25) is 10.2 Å². The van der Waals surface area contributed by atoms with Crippen molar-refractivity contribution in [2.75, 3.05) is 45.9 Å². The molecule has 10 heteroatoms. The molecular formula is C26H34BrF2N3O4. The van der Waals surface area contributed by atoms with E-state index in [0.717, 1.165) is 0 Å². The van der Waals surface area contributed by atoms with E-state index in [1.54, 1.807) is 45.0 Å². The van der Waals surface area contributed by atoms with Crippen LogP contribution in [0.3, 0.4) is 0 Å². The van der Waals surface area contributed by atoms with Crippen molar-refractivity contribution in [3.63, 3.8) is 0 Å². The van der Waals surface area contributed by atoms with Crippen LogP contribution in [0.1, 0.15) is 54.7 Å². The summed E-state index contributed by atoms with van der Waals surface area (Å²) in [5.74, 6) is -0.516. The zero-order valence-electron chi connectivity index (χ0n) is 21.8. The molecule has 7 nitrogen and oxygen atoms in total. The Labute approximate surface area is 221 Å². The monoisotopic (exact) mass is 569 g/mol. The average Bonchev–Trinajstić information content (AvgIpc) is 3.09. The number of Topliss-reactive ketones (excluding diaryl/α,β-unsaturated/α-hetero) is 1. The van der Waals surface area contributed by atoms with Crippen LogP contribution in [0.25, 0.3) is 0 Å². The Hall–Kier alpha value is -2.88. The first kappa shape index (κ1) is 29.4. The van der Waals surface area contributed by atoms with Gasteiger partial charge in [-0.05, 0) is 51.5 Å². The Morgan fingerprint density at radius 3 is 2.31 bits per heavy atom. The Balaban J connectivity index is 0.00000456. The van der Waals surface area contributed by atoms with Gasteiger partial charge in [0.05, 0.1) is 38.1 Å². The number of hydrogen-bond donors (Lipinski definition) is 1. The second-order valence-electron chi connectivity index (χ2n) is 8.99. The van der Waals surface area contributed by atoms with Gasteiger partial charge in [0, 0.05) is 31.8 Å². The van der Waals surface area contributed by atoms with Crippen molar-refractivity contribution in [3.8, 4) is 17.2 Å². The number of methoxy groups -OCH3 is 1. The number of anilines is 1. The molecule has 0 aromatic heterocycles. The highest BCUT2D eigenvalue weighted by molar-refractivity contribution is 8.93. The average molecular weight is 570 g/mol. The zero-order chi connectivity index (χ0) is 26.1. The summed E-state index contributed by atoms with van der Waals surface area (Å²) in [6.07, 6.45) is 0. The minimum atomic E-state index is -1.75. The first-order chi connectivity index (χ1) is 16.4. The van der Waals surface area contributed by atoms with E-state index in [1.165, 1.54) is 31.9 Å². The van der Waals surface area contributed by atoms with Gasteiger partial charge in [-0.1, -0.05) is 0 Å². The van der Waals surface area contributed by atoms with E-state index in [1.807, 2.05) is 0 Å². The van der Waals surface area contributed by atoms with Crippen LogP contribution in [0.5, 0.6) is 17.2 Å². The number of nitrogens with zero attached hydrogens (tertiary/aromatic N) is 2. The third kappa shape index (κ3) is 5.58. The summed E-state index contributed by atoms with van der Waals surface area (Å²) < 4.78 is 46.8. The SMILES string of the molecule is Br.CCOc1cc2c(c(F)c1OCC)C(=N)N(CC(=O)c1cc(N(C)C)c(OC)c(C(C)(C)F)c1)C2. The third-order valence-corrected chi connectivity index (χ3v) is 5.82. The Morgan fingerprint density at radius 2 is 1.78 bits per heavy atom. The van der Waals surface area contributed by atoms with E-state index >= 15 is 8.78 Å². The Bertz CT molecular complexity index is 1150. The number of carbonyl (C=O) groups excluding carboxylic acids is 1. The molecule has 2 aromatic carbocycles. The van der Waals surface area contributed by atoms with Crippen molar-refractivity contribution < 1.29 is 27.8 Å². The Kier molecular flexibility index (Phi) is 9.34. The van der Waals surface area contributed by atoms with E-state index in [4.69, 9.17) is 19.6 Å². The van der Waals surface area contributed by atoms with Crippen LogP contribution in [0.15, 0.2) is 18.2 Å². The molecule has 1 aliphatic heterocycles. The Morgan fingerprint density at radius 1 is 1.14 bits per heavy atom. The van der Waals surface area contributed by atoms with Crippen molar-refractivity contribution >= 4 is 34.3 Å². The minimum absolute atomic E-state index is 0. The largest absolute Gasteiger partial charge is 0.494 e. The van der Waals surface area contributed by atoms with Gasteiger partial charge < -0.3 is 24.0 Å². The van der Waals surface area contributed by atoms with Gasteiger partial charge in [-0.2, -0.15) is 0 Å².